The van der Waals surface area contributed by atoms with Crippen molar-refractivity contribution in [2.24, 2.45) is 5.92 Å². The summed E-state index contributed by atoms with van der Waals surface area (Å²) in [5, 5.41) is 10.8. The Hall–Kier alpha value is -1.81. The van der Waals surface area contributed by atoms with E-state index in [0.717, 1.165) is 31.2 Å². The van der Waals surface area contributed by atoms with Crippen molar-refractivity contribution in [3.05, 3.63) is 47.2 Å². The summed E-state index contributed by atoms with van der Waals surface area (Å²) in [4.78, 5) is 12.8. The number of ether oxygens (including phenoxy) is 2. The lowest BCUT2D eigenvalue weighted by Gasteiger charge is -2.38. The molecule has 1 aromatic carbocycles. The van der Waals surface area contributed by atoms with Gasteiger partial charge in [-0.2, -0.15) is 0 Å². The van der Waals surface area contributed by atoms with E-state index in [1.165, 1.54) is 6.42 Å². The van der Waals surface area contributed by atoms with Gasteiger partial charge in [0.05, 0.1) is 12.2 Å². The van der Waals surface area contributed by atoms with Crippen molar-refractivity contribution in [2.75, 3.05) is 0 Å². The molecule has 0 amide bonds. The summed E-state index contributed by atoms with van der Waals surface area (Å²) < 4.78 is 12.0. The highest BCUT2D eigenvalue weighted by Crippen LogP contribution is 2.41. The van der Waals surface area contributed by atoms with Crippen LogP contribution in [0.15, 0.2) is 41.7 Å². The fraction of sp³-hybridized carbons (Fsp3) is 0.591. The summed E-state index contributed by atoms with van der Waals surface area (Å²) in [6.45, 7) is 5.53. The zero-order valence-electron chi connectivity index (χ0n) is 16.0. The van der Waals surface area contributed by atoms with Gasteiger partial charge in [-0.15, -0.1) is 0 Å². The van der Waals surface area contributed by atoms with Gasteiger partial charge in [0, 0.05) is 6.42 Å². The minimum absolute atomic E-state index is 0.120. The van der Waals surface area contributed by atoms with Crippen LogP contribution in [0.5, 0.6) is 0 Å². The monoisotopic (exact) mass is 358 g/mol. The molecule has 1 N–H and O–H groups in total. The van der Waals surface area contributed by atoms with Crippen molar-refractivity contribution in [3.63, 3.8) is 0 Å². The predicted molar refractivity (Wildman–Crippen MR) is 101 cm³/mol. The molecule has 0 radical (unpaired) electrons. The van der Waals surface area contributed by atoms with E-state index < -0.39 is 17.7 Å². The van der Waals surface area contributed by atoms with Gasteiger partial charge in [-0.25, -0.2) is 4.79 Å². The Balaban J connectivity index is 1.91. The van der Waals surface area contributed by atoms with Crippen LogP contribution in [0.1, 0.15) is 71.0 Å². The smallest absolute Gasteiger partial charge is 0.340 e. The van der Waals surface area contributed by atoms with Crippen LogP contribution >= 0.6 is 0 Å². The molecule has 1 heterocycles. The number of carbonyl (C=O) groups excluding carboxylic acids is 1. The van der Waals surface area contributed by atoms with E-state index in [4.69, 9.17) is 9.47 Å². The Morgan fingerprint density at radius 2 is 1.77 bits per heavy atom. The van der Waals surface area contributed by atoms with Gasteiger partial charge in [0.2, 0.25) is 0 Å². The minimum atomic E-state index is -0.599. The highest BCUT2D eigenvalue weighted by atomic mass is 16.6. The van der Waals surface area contributed by atoms with Gasteiger partial charge < -0.3 is 14.6 Å². The molecule has 26 heavy (non-hydrogen) atoms. The van der Waals surface area contributed by atoms with Gasteiger partial charge >= 0.3 is 5.97 Å². The van der Waals surface area contributed by atoms with E-state index in [9.17, 15) is 9.90 Å². The molecule has 4 heteroatoms. The van der Waals surface area contributed by atoms with Crippen molar-refractivity contribution in [3.8, 4) is 0 Å². The molecule has 2 aliphatic rings. The summed E-state index contributed by atoms with van der Waals surface area (Å²) in [7, 11) is 0. The second-order valence-electron chi connectivity index (χ2n) is 8.42. The highest BCUT2D eigenvalue weighted by molar-refractivity contribution is 5.90. The van der Waals surface area contributed by atoms with Gasteiger partial charge in [-0.3, -0.25) is 0 Å². The summed E-state index contributed by atoms with van der Waals surface area (Å²) in [5.74, 6) is -0.0769. The molecule has 1 aromatic rings. The van der Waals surface area contributed by atoms with Crippen molar-refractivity contribution in [1.82, 2.24) is 0 Å². The van der Waals surface area contributed by atoms with Gasteiger partial charge in [-0.1, -0.05) is 49.6 Å². The summed E-state index contributed by atoms with van der Waals surface area (Å²) in [6, 6.07) is 9.92. The van der Waals surface area contributed by atoms with E-state index in [0.29, 0.717) is 12.0 Å². The molecule has 1 fully saturated rings. The van der Waals surface area contributed by atoms with Crippen molar-refractivity contribution < 1.29 is 19.4 Å². The molecule has 1 aliphatic heterocycles. The number of benzene rings is 1. The van der Waals surface area contributed by atoms with E-state index in [1.807, 2.05) is 51.1 Å². The molecular formula is C22H30O4. The average Bonchev–Trinajstić information content (AvgIpc) is 2.61. The van der Waals surface area contributed by atoms with E-state index in [1.54, 1.807) is 0 Å². The molecular weight excluding hydrogens is 328 g/mol. The van der Waals surface area contributed by atoms with Crippen molar-refractivity contribution in [2.45, 2.75) is 77.1 Å². The summed E-state index contributed by atoms with van der Waals surface area (Å²) in [5.41, 5.74) is 0.764. The third-order valence-electron chi connectivity index (χ3n) is 5.15. The maximum atomic E-state index is 12.8. The Morgan fingerprint density at radius 1 is 1.12 bits per heavy atom. The maximum Gasteiger partial charge on any atom is 0.340 e. The quantitative estimate of drug-likeness (QED) is 0.750. The molecule has 0 bridgehead atoms. The Morgan fingerprint density at radius 3 is 2.38 bits per heavy atom. The Labute approximate surface area is 156 Å². The maximum absolute atomic E-state index is 12.8. The Bertz CT molecular complexity index is 650. The summed E-state index contributed by atoms with van der Waals surface area (Å²) in [6.07, 6.45) is 5.23. The molecule has 0 saturated heterocycles. The van der Waals surface area contributed by atoms with Crippen LogP contribution in [0.4, 0.5) is 0 Å². The largest absolute Gasteiger partial charge is 0.512 e. The lowest BCUT2D eigenvalue weighted by atomic mass is 9.80. The third-order valence-corrected chi connectivity index (χ3v) is 5.15. The van der Waals surface area contributed by atoms with Crippen molar-refractivity contribution >= 4 is 5.97 Å². The number of aliphatic hydroxyl groups is 1. The number of aliphatic hydroxyl groups excluding tert-OH is 1. The first-order chi connectivity index (χ1) is 12.3. The zero-order chi connectivity index (χ0) is 18.7. The lowest BCUT2D eigenvalue weighted by molar-refractivity contribution is -0.154. The standard InChI is InChI=1S/C22H30O4/c1-22(2,3)26-21(24)19-17(23)14-18(15-10-6-4-7-11-15)25-20(19)16-12-8-5-9-13-16/h4,6-7,10-11,16,18,20,23H,5,8-9,12-14H2,1-3H3/t18-,20+/m0/s1. The average molecular weight is 358 g/mol. The number of hydrogen-bond acceptors (Lipinski definition) is 4. The molecule has 0 unspecified atom stereocenters. The fourth-order valence-corrected chi connectivity index (χ4v) is 3.96. The van der Waals surface area contributed by atoms with Gasteiger partial charge in [0.1, 0.15) is 16.9 Å². The van der Waals surface area contributed by atoms with Gasteiger partial charge in [0.25, 0.3) is 0 Å². The molecule has 1 saturated carbocycles. The fourth-order valence-electron chi connectivity index (χ4n) is 3.96. The number of esters is 1. The Kier molecular flexibility index (Phi) is 5.71. The first-order valence-electron chi connectivity index (χ1n) is 9.71. The second kappa shape index (κ2) is 7.83. The molecule has 0 aromatic heterocycles. The predicted octanol–water partition coefficient (Wildman–Crippen LogP) is 5.25. The molecule has 1 aliphatic carbocycles. The summed E-state index contributed by atoms with van der Waals surface area (Å²) >= 11 is 0. The van der Waals surface area contributed by atoms with Crippen molar-refractivity contribution in [1.29, 1.82) is 0 Å². The normalized spacial score (nSPS) is 25.2. The van der Waals surface area contributed by atoms with Crippen LogP contribution < -0.4 is 0 Å². The van der Waals surface area contributed by atoms with Gasteiger partial charge in [-0.05, 0) is 45.1 Å². The molecule has 142 valence electrons. The first-order valence-corrected chi connectivity index (χ1v) is 9.71. The van der Waals surface area contributed by atoms with Crippen LogP contribution in [0.3, 0.4) is 0 Å². The van der Waals surface area contributed by atoms with Crippen LogP contribution in [-0.2, 0) is 14.3 Å². The van der Waals surface area contributed by atoms with Crippen LogP contribution in [-0.4, -0.2) is 22.8 Å². The number of rotatable bonds is 3. The zero-order valence-corrected chi connectivity index (χ0v) is 16.0. The topological polar surface area (TPSA) is 55.8 Å². The lowest BCUT2D eigenvalue weighted by Crippen LogP contribution is -2.39. The molecule has 2 atom stereocenters. The molecule has 4 nitrogen and oxygen atoms in total. The molecule has 3 rings (SSSR count). The van der Waals surface area contributed by atoms with Gasteiger partial charge in [0.15, 0.2) is 0 Å². The third kappa shape index (κ3) is 4.47. The van der Waals surface area contributed by atoms with E-state index in [-0.39, 0.29) is 17.8 Å². The number of hydrogen-bond donors (Lipinski definition) is 1. The van der Waals surface area contributed by atoms with Crippen LogP contribution in [0, 0.1) is 5.92 Å². The van der Waals surface area contributed by atoms with Crippen LogP contribution in [0.25, 0.3) is 0 Å². The minimum Gasteiger partial charge on any atom is -0.512 e. The first kappa shape index (κ1) is 19.0. The highest BCUT2D eigenvalue weighted by Gasteiger charge is 2.41. The SMILES string of the molecule is CC(C)(C)OC(=O)C1=C(O)C[C@@H](c2ccccc2)O[C@@H]1C1CCCCC1. The van der Waals surface area contributed by atoms with E-state index >= 15 is 0 Å². The van der Waals surface area contributed by atoms with E-state index in [2.05, 4.69) is 0 Å². The number of carbonyl (C=O) groups is 1. The molecule has 0 spiro atoms. The van der Waals surface area contributed by atoms with Crippen LogP contribution in [0.2, 0.25) is 0 Å². The second-order valence-corrected chi connectivity index (χ2v) is 8.42.